The van der Waals surface area contributed by atoms with E-state index in [1.165, 1.54) is 19.3 Å². The van der Waals surface area contributed by atoms with Crippen LogP contribution in [0.3, 0.4) is 0 Å². The van der Waals surface area contributed by atoms with Gasteiger partial charge in [-0.1, -0.05) is 19.3 Å². The molecule has 20 heavy (non-hydrogen) atoms. The van der Waals surface area contributed by atoms with Gasteiger partial charge in [-0.15, -0.1) is 0 Å². The molecule has 0 aromatic rings. The van der Waals surface area contributed by atoms with Gasteiger partial charge in [0.25, 0.3) is 0 Å². The number of nitrogens with one attached hydrogen (secondary N) is 2. The zero-order valence-electron chi connectivity index (χ0n) is 12.1. The van der Waals surface area contributed by atoms with E-state index in [0.29, 0.717) is 0 Å². The van der Waals surface area contributed by atoms with Crippen LogP contribution >= 0.6 is 0 Å². The second kappa shape index (κ2) is 7.47. The molecule has 0 radical (unpaired) electrons. The van der Waals surface area contributed by atoms with Crippen molar-refractivity contribution >= 4 is 11.9 Å². The molecule has 6 heteroatoms. The molecule has 2 rings (SSSR count). The third-order valence-corrected chi connectivity index (χ3v) is 4.27. The molecule has 1 heterocycles. The molecule has 0 aromatic carbocycles. The van der Waals surface area contributed by atoms with Gasteiger partial charge in [0, 0.05) is 12.1 Å². The van der Waals surface area contributed by atoms with Crippen molar-refractivity contribution in [2.75, 3.05) is 19.6 Å². The third-order valence-electron chi connectivity index (χ3n) is 4.27. The summed E-state index contributed by atoms with van der Waals surface area (Å²) in [6, 6.07) is 0.253. The highest BCUT2D eigenvalue weighted by Gasteiger charge is 2.28. The molecule has 2 aliphatic rings. The first-order valence-electron chi connectivity index (χ1n) is 7.73. The Morgan fingerprint density at radius 3 is 2.35 bits per heavy atom. The van der Waals surface area contributed by atoms with E-state index in [0.717, 1.165) is 38.8 Å². The number of carbonyl (C=O) groups is 2. The van der Waals surface area contributed by atoms with Crippen LogP contribution in [0, 0.1) is 0 Å². The predicted molar refractivity (Wildman–Crippen MR) is 77.2 cm³/mol. The van der Waals surface area contributed by atoms with Crippen molar-refractivity contribution in [3.63, 3.8) is 0 Å². The van der Waals surface area contributed by atoms with Crippen LogP contribution in [-0.4, -0.2) is 48.6 Å². The maximum atomic E-state index is 12.4. The lowest BCUT2D eigenvalue weighted by atomic mass is 9.95. The number of hydrogen-bond donors (Lipinski definition) is 3. The van der Waals surface area contributed by atoms with E-state index in [1.807, 2.05) is 0 Å². The second-order valence-electron chi connectivity index (χ2n) is 5.86. The lowest BCUT2D eigenvalue weighted by molar-refractivity contribution is -0.119. The van der Waals surface area contributed by atoms with Crippen LogP contribution in [0.5, 0.6) is 0 Å². The van der Waals surface area contributed by atoms with Crippen LogP contribution in [0.2, 0.25) is 0 Å². The maximum Gasteiger partial charge on any atom is 0.318 e. The highest BCUT2D eigenvalue weighted by molar-refractivity contribution is 5.83. The molecule has 0 bridgehead atoms. The number of urea groups is 1. The van der Waals surface area contributed by atoms with E-state index in [-0.39, 0.29) is 24.7 Å². The number of carbonyl (C=O) groups excluding carboxylic acids is 2. The van der Waals surface area contributed by atoms with E-state index >= 15 is 0 Å². The van der Waals surface area contributed by atoms with Gasteiger partial charge in [0.15, 0.2) is 0 Å². The first-order valence-corrected chi connectivity index (χ1v) is 7.73. The summed E-state index contributed by atoms with van der Waals surface area (Å²) < 4.78 is 0. The lowest BCUT2D eigenvalue weighted by Gasteiger charge is -2.35. The van der Waals surface area contributed by atoms with Gasteiger partial charge in [-0.05, 0) is 38.8 Å². The molecule has 0 spiro atoms. The average molecular weight is 282 g/mol. The van der Waals surface area contributed by atoms with Gasteiger partial charge >= 0.3 is 6.03 Å². The lowest BCUT2D eigenvalue weighted by Crippen LogP contribution is -2.54. The van der Waals surface area contributed by atoms with Crippen LogP contribution in [-0.2, 0) is 4.79 Å². The minimum atomic E-state index is -0.442. The smallest absolute Gasteiger partial charge is 0.318 e. The van der Waals surface area contributed by atoms with E-state index in [1.54, 1.807) is 4.90 Å². The average Bonchev–Trinajstić information content (AvgIpc) is 2.46. The summed E-state index contributed by atoms with van der Waals surface area (Å²) in [4.78, 5) is 25.3. The molecular formula is C14H26N4O2. The highest BCUT2D eigenvalue weighted by Crippen LogP contribution is 2.18. The first kappa shape index (κ1) is 15.1. The van der Waals surface area contributed by atoms with Crippen LogP contribution in [0.25, 0.3) is 0 Å². The molecular weight excluding hydrogens is 256 g/mol. The molecule has 0 atom stereocenters. The zero-order chi connectivity index (χ0) is 14.4. The quantitative estimate of drug-likeness (QED) is 0.704. The Morgan fingerprint density at radius 2 is 1.75 bits per heavy atom. The normalized spacial score (nSPS) is 21.4. The van der Waals surface area contributed by atoms with Crippen molar-refractivity contribution in [2.45, 2.75) is 57.0 Å². The molecule has 6 nitrogen and oxygen atoms in total. The fourth-order valence-corrected chi connectivity index (χ4v) is 3.16. The van der Waals surface area contributed by atoms with Gasteiger partial charge in [-0.3, -0.25) is 4.79 Å². The molecule has 4 N–H and O–H groups in total. The van der Waals surface area contributed by atoms with Crippen molar-refractivity contribution in [1.29, 1.82) is 0 Å². The van der Waals surface area contributed by atoms with Crippen molar-refractivity contribution in [3.8, 4) is 0 Å². The Labute approximate surface area is 120 Å². The number of piperidine rings is 1. The fourth-order valence-electron chi connectivity index (χ4n) is 3.16. The molecule has 0 unspecified atom stereocenters. The Hall–Kier alpha value is -1.30. The summed E-state index contributed by atoms with van der Waals surface area (Å²) in [5.41, 5.74) is 5.29. The van der Waals surface area contributed by atoms with E-state index in [2.05, 4.69) is 10.6 Å². The standard InChI is InChI=1S/C14H26N4O2/c15-13(19)10-18(12-6-8-16-9-7-12)14(20)17-11-4-2-1-3-5-11/h11-12,16H,1-10H2,(H2,15,19)(H,17,20). The van der Waals surface area contributed by atoms with Crippen LogP contribution in [0.4, 0.5) is 4.79 Å². The Kier molecular flexibility index (Phi) is 5.64. The minimum Gasteiger partial charge on any atom is -0.368 e. The number of amides is 3. The summed E-state index contributed by atoms with van der Waals surface area (Å²) in [5, 5.41) is 6.35. The minimum absolute atomic E-state index is 0.0171. The van der Waals surface area contributed by atoms with E-state index in [4.69, 9.17) is 5.73 Å². The van der Waals surface area contributed by atoms with Gasteiger partial charge in [0.2, 0.25) is 5.91 Å². The largest absolute Gasteiger partial charge is 0.368 e. The molecule has 1 saturated carbocycles. The monoisotopic (exact) mass is 282 g/mol. The van der Waals surface area contributed by atoms with Crippen molar-refractivity contribution in [3.05, 3.63) is 0 Å². The summed E-state index contributed by atoms with van der Waals surface area (Å²) in [6.07, 6.45) is 7.45. The van der Waals surface area contributed by atoms with Gasteiger partial charge in [0.05, 0.1) is 0 Å². The van der Waals surface area contributed by atoms with Gasteiger partial charge in [0.1, 0.15) is 6.54 Å². The van der Waals surface area contributed by atoms with Crippen LogP contribution in [0.15, 0.2) is 0 Å². The van der Waals surface area contributed by atoms with Crippen LogP contribution < -0.4 is 16.4 Å². The van der Waals surface area contributed by atoms with E-state index < -0.39 is 5.91 Å². The topological polar surface area (TPSA) is 87.5 Å². The molecule has 0 aromatic heterocycles. The molecule has 114 valence electrons. The number of nitrogens with two attached hydrogens (primary N) is 1. The highest BCUT2D eigenvalue weighted by atomic mass is 16.2. The number of rotatable bonds is 4. The summed E-state index contributed by atoms with van der Waals surface area (Å²) in [6.45, 7) is 1.79. The number of hydrogen-bond acceptors (Lipinski definition) is 3. The first-order chi connectivity index (χ1) is 9.66. The summed E-state index contributed by atoms with van der Waals surface area (Å²) in [7, 11) is 0. The Morgan fingerprint density at radius 1 is 1.10 bits per heavy atom. The van der Waals surface area contributed by atoms with Gasteiger partial charge < -0.3 is 21.3 Å². The fraction of sp³-hybridized carbons (Fsp3) is 0.857. The molecule has 1 aliphatic carbocycles. The van der Waals surface area contributed by atoms with Gasteiger partial charge in [-0.25, -0.2) is 4.79 Å². The zero-order valence-corrected chi connectivity index (χ0v) is 12.1. The van der Waals surface area contributed by atoms with Crippen molar-refractivity contribution in [2.24, 2.45) is 5.73 Å². The van der Waals surface area contributed by atoms with Crippen molar-refractivity contribution < 1.29 is 9.59 Å². The Balaban J connectivity index is 1.93. The second-order valence-corrected chi connectivity index (χ2v) is 5.86. The maximum absolute atomic E-state index is 12.4. The van der Waals surface area contributed by atoms with Crippen LogP contribution in [0.1, 0.15) is 44.9 Å². The SMILES string of the molecule is NC(=O)CN(C(=O)NC1CCCCC1)C1CCNCC1. The van der Waals surface area contributed by atoms with Gasteiger partial charge in [-0.2, -0.15) is 0 Å². The molecule has 2 fully saturated rings. The number of primary amides is 1. The predicted octanol–water partition coefficient (Wildman–Crippen LogP) is 0.568. The molecule has 1 saturated heterocycles. The summed E-state index contributed by atoms with van der Waals surface area (Å²) >= 11 is 0. The third kappa shape index (κ3) is 4.37. The number of nitrogens with zero attached hydrogens (tertiary/aromatic N) is 1. The van der Waals surface area contributed by atoms with Crippen molar-refractivity contribution in [1.82, 2.24) is 15.5 Å². The van der Waals surface area contributed by atoms with E-state index in [9.17, 15) is 9.59 Å². The molecule has 3 amide bonds. The summed E-state index contributed by atoms with van der Waals surface area (Å²) in [5.74, 6) is -0.442. The Bertz CT molecular complexity index is 336. The molecule has 1 aliphatic heterocycles.